The van der Waals surface area contributed by atoms with E-state index in [2.05, 4.69) is 31.4 Å². The second-order valence-corrected chi connectivity index (χ2v) is 6.57. The van der Waals surface area contributed by atoms with Crippen LogP contribution >= 0.6 is 0 Å². The van der Waals surface area contributed by atoms with Gasteiger partial charge in [0.2, 0.25) is 5.91 Å². The van der Waals surface area contributed by atoms with Crippen LogP contribution in [0.15, 0.2) is 0 Å². The van der Waals surface area contributed by atoms with Gasteiger partial charge in [-0.2, -0.15) is 0 Å². The van der Waals surface area contributed by atoms with Crippen molar-refractivity contribution in [2.45, 2.75) is 52.5 Å². The van der Waals surface area contributed by atoms with Crippen molar-refractivity contribution in [3.63, 3.8) is 0 Å². The van der Waals surface area contributed by atoms with Crippen molar-refractivity contribution >= 4 is 5.91 Å². The first kappa shape index (κ1) is 13.9. The maximum Gasteiger partial charge on any atom is 0.234 e. The third-order valence-corrected chi connectivity index (χ3v) is 4.51. The van der Waals surface area contributed by atoms with Gasteiger partial charge < -0.3 is 10.6 Å². The molecule has 0 saturated heterocycles. The molecule has 2 aliphatic carbocycles. The van der Waals surface area contributed by atoms with Crippen LogP contribution in [-0.2, 0) is 4.79 Å². The molecule has 0 radical (unpaired) electrons. The molecule has 1 unspecified atom stereocenters. The second kappa shape index (κ2) is 6.05. The van der Waals surface area contributed by atoms with Crippen molar-refractivity contribution in [2.75, 3.05) is 13.1 Å². The molecule has 0 bridgehead atoms. The molecule has 104 valence electrons. The molecule has 3 nitrogen and oxygen atoms in total. The number of hydrogen-bond acceptors (Lipinski definition) is 2. The number of rotatable bonds is 8. The molecule has 3 heteroatoms. The SMILES string of the molecule is CC(C)C(C)NC(=O)CNCC(C1CC1)C1CC1. The average Bonchev–Trinajstić information content (AvgIpc) is 3.15. The Kier molecular flexibility index (Phi) is 4.66. The Bertz CT molecular complexity index is 270. The van der Waals surface area contributed by atoms with Crippen LogP contribution < -0.4 is 10.6 Å². The van der Waals surface area contributed by atoms with E-state index < -0.39 is 0 Å². The minimum absolute atomic E-state index is 0.140. The molecule has 0 aromatic carbocycles. The summed E-state index contributed by atoms with van der Waals surface area (Å²) in [7, 11) is 0. The van der Waals surface area contributed by atoms with Crippen molar-refractivity contribution in [3.8, 4) is 0 Å². The first-order valence-electron chi connectivity index (χ1n) is 7.58. The fourth-order valence-electron chi connectivity index (χ4n) is 2.59. The van der Waals surface area contributed by atoms with Crippen LogP contribution in [0.5, 0.6) is 0 Å². The maximum absolute atomic E-state index is 11.7. The predicted molar refractivity (Wildman–Crippen MR) is 74.3 cm³/mol. The zero-order valence-electron chi connectivity index (χ0n) is 12.0. The summed E-state index contributed by atoms with van der Waals surface area (Å²) in [5.41, 5.74) is 0. The maximum atomic E-state index is 11.7. The molecule has 0 aromatic rings. The number of nitrogens with one attached hydrogen (secondary N) is 2. The summed E-state index contributed by atoms with van der Waals surface area (Å²) < 4.78 is 0. The third-order valence-electron chi connectivity index (χ3n) is 4.51. The third kappa shape index (κ3) is 4.27. The molecule has 2 aliphatic rings. The average molecular weight is 252 g/mol. The van der Waals surface area contributed by atoms with Crippen LogP contribution in [0.25, 0.3) is 0 Å². The van der Waals surface area contributed by atoms with Crippen LogP contribution in [-0.4, -0.2) is 25.0 Å². The largest absolute Gasteiger partial charge is 0.352 e. The Morgan fingerprint density at radius 1 is 1.11 bits per heavy atom. The van der Waals surface area contributed by atoms with Crippen molar-refractivity contribution < 1.29 is 4.79 Å². The molecular formula is C15H28N2O. The summed E-state index contributed by atoms with van der Waals surface area (Å²) in [6.45, 7) is 7.86. The molecular weight excluding hydrogens is 224 g/mol. The number of carbonyl (C=O) groups is 1. The number of hydrogen-bond donors (Lipinski definition) is 2. The second-order valence-electron chi connectivity index (χ2n) is 6.57. The Labute approximate surface area is 111 Å². The van der Waals surface area contributed by atoms with E-state index in [0.717, 1.165) is 24.3 Å². The molecule has 1 atom stereocenters. The van der Waals surface area contributed by atoms with Gasteiger partial charge in [-0.05, 0) is 62.8 Å². The topological polar surface area (TPSA) is 41.1 Å². The predicted octanol–water partition coefficient (Wildman–Crippen LogP) is 2.17. The molecule has 1 amide bonds. The highest BCUT2D eigenvalue weighted by atomic mass is 16.1. The molecule has 18 heavy (non-hydrogen) atoms. The van der Waals surface area contributed by atoms with E-state index in [1.54, 1.807) is 0 Å². The first-order chi connectivity index (χ1) is 8.58. The summed E-state index contributed by atoms with van der Waals surface area (Å²) in [4.78, 5) is 11.7. The lowest BCUT2D eigenvalue weighted by Crippen LogP contribution is -2.42. The van der Waals surface area contributed by atoms with Gasteiger partial charge in [0.05, 0.1) is 6.54 Å². The summed E-state index contributed by atoms with van der Waals surface area (Å²) in [5.74, 6) is 3.41. The molecule has 0 heterocycles. The van der Waals surface area contributed by atoms with Gasteiger partial charge in [0, 0.05) is 6.04 Å². The quantitative estimate of drug-likeness (QED) is 0.695. The van der Waals surface area contributed by atoms with Gasteiger partial charge in [0.15, 0.2) is 0 Å². The lowest BCUT2D eigenvalue weighted by Gasteiger charge is -2.19. The molecule has 0 aromatic heterocycles. The van der Waals surface area contributed by atoms with E-state index in [1.807, 2.05) is 0 Å². The van der Waals surface area contributed by atoms with Gasteiger partial charge in [-0.1, -0.05) is 13.8 Å². The normalized spacial score (nSPS) is 21.4. The van der Waals surface area contributed by atoms with E-state index in [1.165, 1.54) is 25.7 Å². The molecule has 2 N–H and O–H groups in total. The highest BCUT2D eigenvalue weighted by Crippen LogP contribution is 2.48. The van der Waals surface area contributed by atoms with Crippen molar-refractivity contribution in [1.29, 1.82) is 0 Å². The van der Waals surface area contributed by atoms with Crippen LogP contribution in [0.1, 0.15) is 46.5 Å². The van der Waals surface area contributed by atoms with Gasteiger partial charge in [0.1, 0.15) is 0 Å². The monoisotopic (exact) mass is 252 g/mol. The Hall–Kier alpha value is -0.570. The van der Waals surface area contributed by atoms with Crippen LogP contribution in [0.4, 0.5) is 0 Å². The molecule has 0 aliphatic heterocycles. The minimum Gasteiger partial charge on any atom is -0.352 e. The lowest BCUT2D eigenvalue weighted by molar-refractivity contribution is -0.121. The smallest absolute Gasteiger partial charge is 0.234 e. The molecule has 2 saturated carbocycles. The van der Waals surface area contributed by atoms with Gasteiger partial charge in [0.25, 0.3) is 0 Å². The van der Waals surface area contributed by atoms with Crippen molar-refractivity contribution in [1.82, 2.24) is 10.6 Å². The highest BCUT2D eigenvalue weighted by Gasteiger charge is 2.40. The van der Waals surface area contributed by atoms with E-state index >= 15 is 0 Å². The van der Waals surface area contributed by atoms with Crippen LogP contribution in [0, 0.1) is 23.7 Å². The van der Waals surface area contributed by atoms with Gasteiger partial charge in [-0.25, -0.2) is 0 Å². The first-order valence-corrected chi connectivity index (χ1v) is 7.58. The molecule has 2 fully saturated rings. The zero-order chi connectivity index (χ0) is 13.1. The van der Waals surface area contributed by atoms with Crippen molar-refractivity contribution in [2.24, 2.45) is 23.7 Å². The summed E-state index contributed by atoms with van der Waals surface area (Å²) in [5, 5.41) is 6.40. The van der Waals surface area contributed by atoms with E-state index in [0.29, 0.717) is 12.5 Å². The highest BCUT2D eigenvalue weighted by molar-refractivity contribution is 5.78. The fraction of sp³-hybridized carbons (Fsp3) is 0.933. The van der Waals surface area contributed by atoms with Crippen molar-refractivity contribution in [3.05, 3.63) is 0 Å². The van der Waals surface area contributed by atoms with Crippen LogP contribution in [0.2, 0.25) is 0 Å². The number of amides is 1. The molecule has 0 spiro atoms. The minimum atomic E-state index is 0.140. The summed E-state index contributed by atoms with van der Waals surface area (Å²) >= 11 is 0. The summed E-state index contributed by atoms with van der Waals surface area (Å²) in [6, 6.07) is 0.266. The standard InChI is InChI=1S/C15H28N2O/c1-10(2)11(3)17-15(18)9-16-8-14(12-4-5-12)13-6-7-13/h10-14,16H,4-9H2,1-3H3,(H,17,18). The Morgan fingerprint density at radius 3 is 2.11 bits per heavy atom. The van der Waals surface area contributed by atoms with Gasteiger partial charge in [-0.3, -0.25) is 4.79 Å². The lowest BCUT2D eigenvalue weighted by atomic mass is 9.98. The van der Waals surface area contributed by atoms with Crippen LogP contribution in [0.3, 0.4) is 0 Å². The van der Waals surface area contributed by atoms with E-state index in [-0.39, 0.29) is 11.9 Å². The summed E-state index contributed by atoms with van der Waals surface area (Å²) in [6.07, 6.45) is 5.66. The van der Waals surface area contributed by atoms with E-state index in [4.69, 9.17) is 0 Å². The fourth-order valence-corrected chi connectivity index (χ4v) is 2.59. The number of carbonyl (C=O) groups excluding carboxylic acids is 1. The van der Waals surface area contributed by atoms with Gasteiger partial charge in [-0.15, -0.1) is 0 Å². The van der Waals surface area contributed by atoms with Gasteiger partial charge >= 0.3 is 0 Å². The van der Waals surface area contributed by atoms with E-state index in [9.17, 15) is 4.79 Å². The zero-order valence-corrected chi connectivity index (χ0v) is 12.0. The Balaban J connectivity index is 1.60. The Morgan fingerprint density at radius 2 is 1.67 bits per heavy atom. The molecule has 2 rings (SSSR count).